The second kappa shape index (κ2) is 5.65. The number of furan rings is 1. The van der Waals surface area contributed by atoms with Crippen LogP contribution in [-0.2, 0) is 11.3 Å². The first-order chi connectivity index (χ1) is 12.1. The van der Waals surface area contributed by atoms with E-state index >= 15 is 0 Å². The lowest BCUT2D eigenvalue weighted by Crippen LogP contribution is -2.19. The number of fused-ring (bicyclic) bond motifs is 3. The van der Waals surface area contributed by atoms with E-state index in [4.69, 9.17) is 9.68 Å². The number of nitriles is 1. The summed E-state index contributed by atoms with van der Waals surface area (Å²) in [6.45, 7) is -0.133. The number of aromatic nitrogens is 3. The number of hydrogen-bond acceptors (Lipinski definition) is 6. The van der Waals surface area contributed by atoms with E-state index in [0.29, 0.717) is 11.2 Å². The minimum atomic E-state index is -0.417. The average Bonchev–Trinajstić information content (AvgIpc) is 3.19. The van der Waals surface area contributed by atoms with Gasteiger partial charge in [-0.25, -0.2) is 9.67 Å². The Morgan fingerprint density at radius 2 is 2.12 bits per heavy atom. The van der Waals surface area contributed by atoms with Gasteiger partial charge < -0.3 is 14.8 Å². The van der Waals surface area contributed by atoms with Crippen molar-refractivity contribution in [1.29, 1.82) is 5.26 Å². The van der Waals surface area contributed by atoms with Gasteiger partial charge >= 0.3 is 0 Å². The minimum Gasteiger partial charge on any atom is -0.506 e. The van der Waals surface area contributed by atoms with E-state index in [1.807, 2.05) is 24.3 Å². The molecule has 0 fully saturated rings. The molecule has 4 rings (SSSR count). The zero-order valence-electron chi connectivity index (χ0n) is 12.8. The van der Waals surface area contributed by atoms with Crippen LogP contribution in [0.15, 0.2) is 47.1 Å². The van der Waals surface area contributed by atoms with Crippen LogP contribution in [0.5, 0.6) is 5.75 Å². The summed E-state index contributed by atoms with van der Waals surface area (Å²) in [6, 6.07) is 12.4. The van der Waals surface area contributed by atoms with Gasteiger partial charge in [-0.15, -0.1) is 5.10 Å². The SMILES string of the molecule is N#Cc1ncn(CC(=O)Nc2cc3oc4ccccc4c3cc2O)n1. The van der Waals surface area contributed by atoms with E-state index in [2.05, 4.69) is 15.4 Å². The summed E-state index contributed by atoms with van der Waals surface area (Å²) in [4.78, 5) is 15.8. The lowest BCUT2D eigenvalue weighted by atomic mass is 10.1. The molecule has 0 radical (unpaired) electrons. The molecule has 0 spiro atoms. The Kier molecular flexibility index (Phi) is 3.32. The number of rotatable bonds is 3. The number of amides is 1. The van der Waals surface area contributed by atoms with E-state index in [1.54, 1.807) is 18.2 Å². The zero-order chi connectivity index (χ0) is 17.4. The van der Waals surface area contributed by atoms with E-state index in [0.717, 1.165) is 10.8 Å². The first-order valence-corrected chi connectivity index (χ1v) is 7.38. The Hall–Kier alpha value is -3.86. The van der Waals surface area contributed by atoms with Crippen LogP contribution in [0.3, 0.4) is 0 Å². The highest BCUT2D eigenvalue weighted by molar-refractivity contribution is 6.07. The third-order valence-corrected chi connectivity index (χ3v) is 3.71. The molecule has 0 saturated carbocycles. The number of nitrogens with zero attached hydrogens (tertiary/aromatic N) is 4. The Morgan fingerprint density at radius 1 is 1.28 bits per heavy atom. The molecule has 4 aromatic rings. The van der Waals surface area contributed by atoms with Gasteiger partial charge in [0.05, 0.1) is 5.69 Å². The maximum Gasteiger partial charge on any atom is 0.252 e. The molecule has 122 valence electrons. The van der Waals surface area contributed by atoms with Crippen molar-refractivity contribution >= 4 is 33.5 Å². The molecule has 0 saturated heterocycles. The van der Waals surface area contributed by atoms with Crippen molar-refractivity contribution in [1.82, 2.24) is 14.8 Å². The van der Waals surface area contributed by atoms with Gasteiger partial charge in [-0.1, -0.05) is 18.2 Å². The number of benzene rings is 2. The normalized spacial score (nSPS) is 10.8. The molecule has 0 aliphatic rings. The number of hydrogen-bond donors (Lipinski definition) is 2. The molecule has 0 aliphatic heterocycles. The van der Waals surface area contributed by atoms with E-state index in [1.165, 1.54) is 11.0 Å². The molecule has 25 heavy (non-hydrogen) atoms. The van der Waals surface area contributed by atoms with Gasteiger partial charge in [0.1, 0.15) is 35.9 Å². The van der Waals surface area contributed by atoms with Crippen LogP contribution >= 0.6 is 0 Å². The third-order valence-electron chi connectivity index (χ3n) is 3.71. The van der Waals surface area contributed by atoms with Crippen molar-refractivity contribution in [2.24, 2.45) is 0 Å². The molecule has 0 bridgehead atoms. The number of para-hydroxylation sites is 1. The number of carbonyl (C=O) groups is 1. The Bertz CT molecular complexity index is 1150. The smallest absolute Gasteiger partial charge is 0.252 e. The van der Waals surface area contributed by atoms with Crippen LogP contribution in [0.2, 0.25) is 0 Å². The lowest BCUT2D eigenvalue weighted by Gasteiger charge is -2.07. The number of phenols is 1. The van der Waals surface area contributed by atoms with E-state index < -0.39 is 5.91 Å². The maximum absolute atomic E-state index is 12.1. The van der Waals surface area contributed by atoms with Crippen LogP contribution in [0.1, 0.15) is 5.82 Å². The van der Waals surface area contributed by atoms with Crippen molar-refractivity contribution in [2.45, 2.75) is 6.54 Å². The fraction of sp³-hybridized carbons (Fsp3) is 0.0588. The first-order valence-electron chi connectivity index (χ1n) is 7.38. The third kappa shape index (κ3) is 2.64. The number of anilines is 1. The molecule has 2 heterocycles. The maximum atomic E-state index is 12.1. The molecule has 2 aromatic heterocycles. The quantitative estimate of drug-likeness (QED) is 0.556. The second-order valence-corrected chi connectivity index (χ2v) is 5.39. The molecule has 8 nitrogen and oxygen atoms in total. The average molecular weight is 333 g/mol. The highest BCUT2D eigenvalue weighted by atomic mass is 16.3. The molecule has 0 unspecified atom stereocenters. The van der Waals surface area contributed by atoms with Crippen molar-refractivity contribution in [2.75, 3.05) is 5.32 Å². The molecule has 8 heteroatoms. The zero-order valence-corrected chi connectivity index (χ0v) is 12.8. The Balaban J connectivity index is 1.62. The van der Waals surface area contributed by atoms with Crippen LogP contribution < -0.4 is 5.32 Å². The predicted molar refractivity (Wildman–Crippen MR) is 88.8 cm³/mol. The largest absolute Gasteiger partial charge is 0.506 e. The van der Waals surface area contributed by atoms with E-state index in [-0.39, 0.29) is 23.8 Å². The number of phenolic OH excluding ortho intramolecular Hbond substituents is 1. The summed E-state index contributed by atoms with van der Waals surface area (Å²) in [5, 5.41) is 27.0. The Morgan fingerprint density at radius 3 is 2.92 bits per heavy atom. The molecule has 2 N–H and O–H groups in total. The predicted octanol–water partition coefficient (Wildman–Crippen LogP) is 2.39. The molecule has 2 aromatic carbocycles. The molecule has 0 aliphatic carbocycles. The minimum absolute atomic E-state index is 0.0145. The number of carbonyl (C=O) groups excluding carboxylic acids is 1. The standard InChI is InChI=1S/C17H11N5O3/c18-7-16-19-9-22(21-16)8-17(24)20-12-6-15-11(5-13(12)23)10-3-1-2-4-14(10)25-15/h1-6,9,23H,8H2,(H,20,24). The topological polar surface area (TPSA) is 117 Å². The van der Waals surface area contributed by atoms with Crippen molar-refractivity contribution < 1.29 is 14.3 Å². The highest BCUT2D eigenvalue weighted by Crippen LogP contribution is 2.35. The molecular formula is C17H11N5O3. The van der Waals surface area contributed by atoms with Crippen LogP contribution in [0, 0.1) is 11.3 Å². The van der Waals surface area contributed by atoms with Crippen molar-refractivity contribution in [3.05, 3.63) is 48.5 Å². The van der Waals surface area contributed by atoms with Gasteiger partial charge in [-0.2, -0.15) is 5.26 Å². The van der Waals surface area contributed by atoms with Crippen LogP contribution in [0.4, 0.5) is 5.69 Å². The Labute approximate surface area is 140 Å². The molecular weight excluding hydrogens is 322 g/mol. The van der Waals surface area contributed by atoms with Gasteiger partial charge in [0.15, 0.2) is 0 Å². The van der Waals surface area contributed by atoms with E-state index in [9.17, 15) is 9.90 Å². The number of aromatic hydroxyl groups is 1. The summed E-state index contributed by atoms with van der Waals surface area (Å²) in [5.41, 5.74) is 1.49. The first kappa shape index (κ1) is 14.7. The monoisotopic (exact) mass is 333 g/mol. The van der Waals surface area contributed by atoms with Crippen LogP contribution in [0.25, 0.3) is 21.9 Å². The summed E-state index contributed by atoms with van der Waals surface area (Å²) < 4.78 is 6.98. The second-order valence-electron chi connectivity index (χ2n) is 5.39. The number of nitrogens with one attached hydrogen (secondary N) is 1. The van der Waals surface area contributed by atoms with Gasteiger partial charge in [0.25, 0.3) is 5.82 Å². The van der Waals surface area contributed by atoms with Crippen molar-refractivity contribution in [3.63, 3.8) is 0 Å². The lowest BCUT2D eigenvalue weighted by molar-refractivity contribution is -0.116. The summed E-state index contributed by atoms with van der Waals surface area (Å²) in [5.74, 6) is -0.497. The summed E-state index contributed by atoms with van der Waals surface area (Å²) in [7, 11) is 0. The van der Waals surface area contributed by atoms with Crippen LogP contribution in [-0.4, -0.2) is 25.8 Å². The fourth-order valence-electron chi connectivity index (χ4n) is 2.62. The van der Waals surface area contributed by atoms with Crippen molar-refractivity contribution in [3.8, 4) is 11.8 Å². The fourth-order valence-corrected chi connectivity index (χ4v) is 2.62. The van der Waals surface area contributed by atoms with Gasteiger partial charge in [0, 0.05) is 16.8 Å². The summed E-state index contributed by atoms with van der Waals surface area (Å²) in [6.07, 6.45) is 1.29. The molecule has 1 amide bonds. The highest BCUT2D eigenvalue weighted by Gasteiger charge is 2.13. The van der Waals surface area contributed by atoms with Gasteiger partial charge in [-0.05, 0) is 12.1 Å². The van der Waals surface area contributed by atoms with Gasteiger partial charge in [0.2, 0.25) is 5.91 Å². The summed E-state index contributed by atoms with van der Waals surface area (Å²) >= 11 is 0. The van der Waals surface area contributed by atoms with Gasteiger partial charge in [-0.3, -0.25) is 4.79 Å². The molecule has 0 atom stereocenters.